The second-order valence-corrected chi connectivity index (χ2v) is 4.39. The van der Waals surface area contributed by atoms with E-state index in [1.165, 1.54) is 6.07 Å². The van der Waals surface area contributed by atoms with Crippen molar-refractivity contribution in [2.45, 2.75) is 26.4 Å². The van der Waals surface area contributed by atoms with Crippen LogP contribution in [0.1, 0.15) is 18.9 Å². The fourth-order valence-electron chi connectivity index (χ4n) is 1.57. The van der Waals surface area contributed by atoms with Gasteiger partial charge in [0.1, 0.15) is 17.7 Å². The molecule has 102 valence electrons. The largest absolute Gasteiger partial charge is 0.489 e. The number of aryl methyl sites for hydroxylation is 1. The zero-order valence-corrected chi connectivity index (χ0v) is 11.3. The summed E-state index contributed by atoms with van der Waals surface area (Å²) < 4.78 is 23.9. The Morgan fingerprint density at radius 3 is 2.83 bits per heavy atom. The summed E-state index contributed by atoms with van der Waals surface area (Å²) in [5.74, 6) is 0.344. The summed E-state index contributed by atoms with van der Waals surface area (Å²) in [5.41, 5.74) is 0.632. The van der Waals surface area contributed by atoms with Crippen molar-refractivity contribution >= 4 is 0 Å². The molecule has 0 saturated carbocycles. The first-order chi connectivity index (χ1) is 8.63. The molecule has 1 aromatic carbocycles. The Morgan fingerprint density at radius 1 is 1.39 bits per heavy atom. The van der Waals surface area contributed by atoms with Crippen molar-refractivity contribution in [3.63, 3.8) is 0 Å². The molecule has 0 spiro atoms. The molecular formula is C14H22FNO2. The van der Waals surface area contributed by atoms with Gasteiger partial charge in [-0.2, -0.15) is 0 Å². The third-order valence-electron chi connectivity index (χ3n) is 2.61. The lowest BCUT2D eigenvalue weighted by Crippen LogP contribution is -2.30. The normalized spacial score (nSPS) is 12.4. The van der Waals surface area contributed by atoms with Crippen LogP contribution in [0.15, 0.2) is 18.2 Å². The third kappa shape index (κ3) is 5.47. The zero-order chi connectivity index (χ0) is 13.4. The van der Waals surface area contributed by atoms with E-state index in [2.05, 4.69) is 5.32 Å². The van der Waals surface area contributed by atoms with Crippen LogP contribution in [0.3, 0.4) is 0 Å². The Kier molecular flexibility index (Phi) is 6.68. The maximum Gasteiger partial charge on any atom is 0.129 e. The molecule has 18 heavy (non-hydrogen) atoms. The molecule has 1 aromatic rings. The number of nitrogens with one attached hydrogen (secondary N) is 1. The maximum absolute atomic E-state index is 13.3. The second-order valence-electron chi connectivity index (χ2n) is 4.39. The Hall–Kier alpha value is -1.13. The fraction of sp³-hybridized carbons (Fsp3) is 0.571. The minimum Gasteiger partial charge on any atom is -0.489 e. The van der Waals surface area contributed by atoms with Crippen molar-refractivity contribution in [1.29, 1.82) is 0 Å². The van der Waals surface area contributed by atoms with Crippen molar-refractivity contribution < 1.29 is 13.9 Å². The molecule has 3 nitrogen and oxygen atoms in total. The van der Waals surface area contributed by atoms with Gasteiger partial charge in [0.15, 0.2) is 0 Å². The van der Waals surface area contributed by atoms with Crippen molar-refractivity contribution in [3.8, 4) is 5.75 Å². The Balaban J connectivity index is 2.26. The standard InChI is InChI=1S/C14H22FNO2/c1-11-5-6-13(9-14(11)15)18-12(2)10-16-7-4-8-17-3/h5-6,9,12,16H,4,7-8,10H2,1-3H3. The molecule has 1 unspecified atom stereocenters. The van der Waals surface area contributed by atoms with Crippen LogP contribution >= 0.6 is 0 Å². The summed E-state index contributed by atoms with van der Waals surface area (Å²) in [4.78, 5) is 0. The van der Waals surface area contributed by atoms with E-state index in [0.29, 0.717) is 11.3 Å². The smallest absolute Gasteiger partial charge is 0.129 e. The average molecular weight is 255 g/mol. The van der Waals surface area contributed by atoms with Gasteiger partial charge < -0.3 is 14.8 Å². The van der Waals surface area contributed by atoms with E-state index < -0.39 is 0 Å². The molecule has 0 saturated heterocycles. The summed E-state index contributed by atoms with van der Waals surface area (Å²) in [6.45, 7) is 6.08. The lowest BCUT2D eigenvalue weighted by Gasteiger charge is -2.15. The first kappa shape index (κ1) is 14.9. The van der Waals surface area contributed by atoms with Crippen LogP contribution in [0.5, 0.6) is 5.75 Å². The number of ether oxygens (including phenoxy) is 2. The van der Waals surface area contributed by atoms with Crippen molar-refractivity contribution in [1.82, 2.24) is 5.32 Å². The third-order valence-corrected chi connectivity index (χ3v) is 2.61. The van der Waals surface area contributed by atoms with E-state index in [1.54, 1.807) is 26.2 Å². The van der Waals surface area contributed by atoms with E-state index in [0.717, 1.165) is 26.1 Å². The van der Waals surface area contributed by atoms with Crippen LogP contribution in [0.25, 0.3) is 0 Å². The number of halogens is 1. The fourth-order valence-corrected chi connectivity index (χ4v) is 1.57. The molecule has 0 aliphatic rings. The average Bonchev–Trinajstić information content (AvgIpc) is 2.34. The first-order valence-corrected chi connectivity index (χ1v) is 6.26. The van der Waals surface area contributed by atoms with Gasteiger partial charge in [-0.1, -0.05) is 6.07 Å². The number of benzene rings is 1. The van der Waals surface area contributed by atoms with Gasteiger partial charge >= 0.3 is 0 Å². The predicted octanol–water partition coefficient (Wildman–Crippen LogP) is 2.53. The van der Waals surface area contributed by atoms with Gasteiger partial charge in [0, 0.05) is 26.3 Å². The monoisotopic (exact) mass is 255 g/mol. The van der Waals surface area contributed by atoms with Gasteiger partial charge in [0.05, 0.1) is 0 Å². The number of hydrogen-bond donors (Lipinski definition) is 1. The van der Waals surface area contributed by atoms with Gasteiger partial charge in [-0.05, 0) is 38.4 Å². The Morgan fingerprint density at radius 2 is 2.17 bits per heavy atom. The van der Waals surface area contributed by atoms with E-state index in [1.807, 2.05) is 6.92 Å². The summed E-state index contributed by atoms with van der Waals surface area (Å²) in [5, 5.41) is 3.27. The number of hydrogen-bond acceptors (Lipinski definition) is 3. The van der Waals surface area contributed by atoms with Crippen LogP contribution in [0.4, 0.5) is 4.39 Å². The molecule has 1 atom stereocenters. The van der Waals surface area contributed by atoms with E-state index in [9.17, 15) is 4.39 Å². The van der Waals surface area contributed by atoms with E-state index in [4.69, 9.17) is 9.47 Å². The van der Waals surface area contributed by atoms with Gasteiger partial charge in [0.25, 0.3) is 0 Å². The van der Waals surface area contributed by atoms with Crippen molar-refractivity contribution in [3.05, 3.63) is 29.6 Å². The molecule has 0 amide bonds. The maximum atomic E-state index is 13.3. The molecule has 0 heterocycles. The molecule has 0 aliphatic heterocycles. The van der Waals surface area contributed by atoms with Gasteiger partial charge in [0.2, 0.25) is 0 Å². The quantitative estimate of drug-likeness (QED) is 0.724. The highest BCUT2D eigenvalue weighted by Crippen LogP contribution is 2.16. The minimum atomic E-state index is -0.229. The number of rotatable bonds is 8. The molecule has 0 aliphatic carbocycles. The SMILES string of the molecule is COCCCNCC(C)Oc1ccc(C)c(F)c1. The summed E-state index contributed by atoms with van der Waals surface area (Å²) >= 11 is 0. The molecular weight excluding hydrogens is 233 g/mol. The molecule has 0 bridgehead atoms. The summed E-state index contributed by atoms with van der Waals surface area (Å²) in [7, 11) is 1.69. The first-order valence-electron chi connectivity index (χ1n) is 6.26. The molecule has 1 N–H and O–H groups in total. The molecule has 4 heteroatoms. The van der Waals surface area contributed by atoms with Crippen molar-refractivity contribution in [2.24, 2.45) is 0 Å². The molecule has 0 fully saturated rings. The Labute approximate surface area is 108 Å². The Bertz CT molecular complexity index is 358. The van der Waals surface area contributed by atoms with Crippen LogP contribution in [-0.4, -0.2) is 32.9 Å². The lowest BCUT2D eigenvalue weighted by molar-refractivity contribution is 0.188. The summed E-state index contributed by atoms with van der Waals surface area (Å²) in [6, 6.07) is 4.94. The van der Waals surface area contributed by atoms with Crippen LogP contribution in [0, 0.1) is 12.7 Å². The van der Waals surface area contributed by atoms with E-state index in [-0.39, 0.29) is 11.9 Å². The van der Waals surface area contributed by atoms with Crippen LogP contribution < -0.4 is 10.1 Å². The topological polar surface area (TPSA) is 30.5 Å². The minimum absolute atomic E-state index is 0.00894. The van der Waals surface area contributed by atoms with Gasteiger partial charge in [-0.25, -0.2) is 4.39 Å². The highest BCUT2D eigenvalue weighted by Gasteiger charge is 2.05. The van der Waals surface area contributed by atoms with Crippen LogP contribution in [-0.2, 0) is 4.74 Å². The highest BCUT2D eigenvalue weighted by molar-refractivity contribution is 5.28. The highest BCUT2D eigenvalue weighted by atomic mass is 19.1. The van der Waals surface area contributed by atoms with E-state index >= 15 is 0 Å². The van der Waals surface area contributed by atoms with Gasteiger partial charge in [-0.15, -0.1) is 0 Å². The van der Waals surface area contributed by atoms with Crippen LogP contribution in [0.2, 0.25) is 0 Å². The zero-order valence-electron chi connectivity index (χ0n) is 11.3. The lowest BCUT2D eigenvalue weighted by atomic mass is 10.2. The second kappa shape index (κ2) is 8.06. The molecule has 1 rings (SSSR count). The van der Waals surface area contributed by atoms with Gasteiger partial charge in [-0.3, -0.25) is 0 Å². The molecule has 0 aromatic heterocycles. The molecule has 0 radical (unpaired) electrons. The number of methoxy groups -OCH3 is 1. The summed E-state index contributed by atoms with van der Waals surface area (Å²) in [6.07, 6.45) is 0.984. The predicted molar refractivity (Wildman–Crippen MR) is 70.6 cm³/mol. The van der Waals surface area contributed by atoms with Crippen molar-refractivity contribution in [2.75, 3.05) is 26.8 Å².